The fourth-order valence-electron chi connectivity index (χ4n) is 4.03. The molecule has 3 aromatic rings. The van der Waals surface area contributed by atoms with Crippen molar-refractivity contribution in [2.75, 3.05) is 31.4 Å². The summed E-state index contributed by atoms with van der Waals surface area (Å²) in [6.45, 7) is -0.130. The Morgan fingerprint density at radius 2 is 1.71 bits per heavy atom. The molecule has 0 saturated carbocycles. The molecule has 0 atom stereocenters. The number of nitrogens with zero attached hydrogens (tertiary/aromatic N) is 2. The Hall–Kier alpha value is -3.49. The van der Waals surface area contributed by atoms with Gasteiger partial charge in [0.1, 0.15) is 7.05 Å². The lowest BCUT2D eigenvalue weighted by atomic mass is 10.0. The quantitative estimate of drug-likeness (QED) is 0.152. The first-order chi connectivity index (χ1) is 19.4. The molecular weight excluding hydrogens is 587 g/mol. The van der Waals surface area contributed by atoms with Gasteiger partial charge in [0.25, 0.3) is 10.1 Å². The highest BCUT2D eigenvalue weighted by Gasteiger charge is 2.25. The second kappa shape index (κ2) is 12.6. The third-order valence-electron chi connectivity index (χ3n) is 6.26. The molecular formula is C28H30N3O7S3+. The number of fused-ring (bicyclic) bond motifs is 1. The SMILES string of the molecule is COC(=O)c1ccc(C(=Cc2cc[n+](C)cc2)C=C2Sc3ccc(S(=O)(=O)NCCCS(=O)(=O)O)cc3N2C)cc1. The number of allylic oxidation sites excluding steroid dienone is 2. The van der Waals surface area contributed by atoms with Gasteiger partial charge in [-0.1, -0.05) is 23.9 Å². The fraction of sp³-hybridized carbons (Fsp3) is 0.214. The number of rotatable bonds is 10. The summed E-state index contributed by atoms with van der Waals surface area (Å²) in [7, 11) is -2.94. The summed E-state index contributed by atoms with van der Waals surface area (Å²) in [5.74, 6) is -0.952. The maximum atomic E-state index is 12.8. The lowest BCUT2D eigenvalue weighted by Gasteiger charge is -2.16. The van der Waals surface area contributed by atoms with Crippen LogP contribution in [0.15, 0.2) is 87.9 Å². The van der Waals surface area contributed by atoms with Crippen LogP contribution in [0.5, 0.6) is 0 Å². The van der Waals surface area contributed by atoms with Gasteiger partial charge in [0.05, 0.1) is 34.0 Å². The molecule has 0 spiro atoms. The predicted molar refractivity (Wildman–Crippen MR) is 158 cm³/mol. The van der Waals surface area contributed by atoms with Crippen LogP contribution >= 0.6 is 11.8 Å². The molecule has 10 nitrogen and oxygen atoms in total. The van der Waals surface area contributed by atoms with E-state index in [2.05, 4.69) is 4.72 Å². The highest BCUT2D eigenvalue weighted by molar-refractivity contribution is 8.03. The fourth-order valence-corrected chi connectivity index (χ4v) is 6.72. The van der Waals surface area contributed by atoms with E-state index in [-0.39, 0.29) is 17.9 Å². The molecule has 0 saturated heterocycles. The van der Waals surface area contributed by atoms with E-state index in [9.17, 15) is 21.6 Å². The molecule has 1 aromatic heterocycles. The third-order valence-corrected chi connectivity index (χ3v) is 9.69. The Bertz CT molecular complexity index is 1720. The van der Waals surface area contributed by atoms with Gasteiger partial charge in [0.15, 0.2) is 12.4 Å². The van der Waals surface area contributed by atoms with Crippen LogP contribution in [0, 0.1) is 0 Å². The number of nitrogens with one attached hydrogen (secondary N) is 1. The number of aryl methyl sites for hydroxylation is 1. The molecule has 1 aliphatic heterocycles. The van der Waals surface area contributed by atoms with Gasteiger partial charge in [-0.2, -0.15) is 8.42 Å². The molecule has 0 amide bonds. The Balaban J connectivity index is 1.63. The molecule has 2 N–H and O–H groups in total. The number of hydrogen-bond donors (Lipinski definition) is 2. The lowest BCUT2D eigenvalue weighted by molar-refractivity contribution is -0.671. The van der Waals surface area contributed by atoms with E-state index in [4.69, 9.17) is 9.29 Å². The van der Waals surface area contributed by atoms with Crippen molar-refractivity contribution in [2.24, 2.45) is 7.05 Å². The Morgan fingerprint density at radius 3 is 2.34 bits per heavy atom. The molecule has 0 radical (unpaired) electrons. The van der Waals surface area contributed by atoms with E-state index in [0.29, 0.717) is 11.3 Å². The summed E-state index contributed by atoms with van der Waals surface area (Å²) in [6.07, 6.45) is 7.88. The molecule has 0 unspecified atom stereocenters. The monoisotopic (exact) mass is 616 g/mol. The number of carbonyl (C=O) groups excluding carboxylic acids is 1. The van der Waals surface area contributed by atoms with Gasteiger partial charge < -0.3 is 9.64 Å². The summed E-state index contributed by atoms with van der Waals surface area (Å²) < 4.78 is 65.4. The smallest absolute Gasteiger partial charge is 0.337 e. The first-order valence-electron chi connectivity index (χ1n) is 12.4. The van der Waals surface area contributed by atoms with E-state index >= 15 is 0 Å². The van der Waals surface area contributed by atoms with Gasteiger partial charge >= 0.3 is 5.97 Å². The van der Waals surface area contributed by atoms with Crippen LogP contribution in [-0.2, 0) is 31.9 Å². The number of ether oxygens (including phenoxy) is 1. The molecule has 0 bridgehead atoms. The van der Waals surface area contributed by atoms with Crippen molar-refractivity contribution < 1.29 is 35.5 Å². The summed E-state index contributed by atoms with van der Waals surface area (Å²) in [6, 6.07) is 15.9. The van der Waals surface area contributed by atoms with Crippen molar-refractivity contribution >= 4 is 55.2 Å². The zero-order valence-corrected chi connectivity index (χ0v) is 25.1. The second-order valence-electron chi connectivity index (χ2n) is 9.28. The van der Waals surface area contributed by atoms with Gasteiger partial charge in [-0.25, -0.2) is 22.5 Å². The standard InChI is InChI=1S/C28H29N3O7S3/c1-30-14-11-20(12-15-30)17-23(21-5-7-22(8-6-21)28(32)38-3)18-27-31(2)25-19-24(9-10-26(25)39-27)41(36,37)29-13-4-16-40(33,34)35/h5-12,14-15,17-19,29H,4,13,16H2,1-3H3/p+1. The van der Waals surface area contributed by atoms with E-state index in [0.717, 1.165) is 26.6 Å². The van der Waals surface area contributed by atoms with Crippen LogP contribution in [0.4, 0.5) is 5.69 Å². The molecule has 0 fully saturated rings. The first-order valence-corrected chi connectivity index (χ1v) is 16.3. The number of hydrogen-bond acceptors (Lipinski definition) is 8. The number of aromatic nitrogens is 1. The van der Waals surface area contributed by atoms with Crippen molar-refractivity contribution in [3.63, 3.8) is 0 Å². The van der Waals surface area contributed by atoms with E-state index in [1.807, 2.05) is 72.4 Å². The second-order valence-corrected chi connectivity index (χ2v) is 13.7. The topological polar surface area (TPSA) is 134 Å². The molecule has 1 aliphatic rings. The number of carbonyl (C=O) groups is 1. The molecule has 41 heavy (non-hydrogen) atoms. The molecule has 216 valence electrons. The van der Waals surface area contributed by atoms with Gasteiger partial charge in [0, 0.05) is 30.6 Å². The third kappa shape index (κ3) is 7.83. The molecule has 4 rings (SSSR count). The summed E-state index contributed by atoms with van der Waals surface area (Å²) in [5.41, 5.74) is 3.87. The van der Waals surface area contributed by atoms with Crippen molar-refractivity contribution in [1.82, 2.24) is 4.72 Å². The average Bonchev–Trinajstić information content (AvgIpc) is 3.25. The highest BCUT2D eigenvalue weighted by Crippen LogP contribution is 2.46. The van der Waals surface area contributed by atoms with Gasteiger partial charge in [0.2, 0.25) is 10.0 Å². The minimum absolute atomic E-state index is 0.0446. The average molecular weight is 617 g/mol. The number of sulfonamides is 1. The number of thioether (sulfide) groups is 1. The van der Waals surface area contributed by atoms with Crippen LogP contribution in [0.3, 0.4) is 0 Å². The van der Waals surface area contributed by atoms with Crippen LogP contribution in [0.2, 0.25) is 0 Å². The zero-order valence-electron chi connectivity index (χ0n) is 22.6. The van der Waals surface area contributed by atoms with Crippen LogP contribution in [-0.4, -0.2) is 53.8 Å². The number of esters is 1. The number of pyridine rings is 1. The molecule has 2 aromatic carbocycles. The molecule has 2 heterocycles. The summed E-state index contributed by atoms with van der Waals surface area (Å²) in [4.78, 5) is 14.8. The van der Waals surface area contributed by atoms with Gasteiger partial charge in [-0.15, -0.1) is 0 Å². The van der Waals surface area contributed by atoms with Crippen molar-refractivity contribution in [2.45, 2.75) is 16.2 Å². The summed E-state index contributed by atoms with van der Waals surface area (Å²) >= 11 is 1.49. The minimum Gasteiger partial charge on any atom is -0.465 e. The van der Waals surface area contributed by atoms with Crippen LogP contribution < -0.4 is 14.2 Å². The molecule has 0 aliphatic carbocycles. The van der Waals surface area contributed by atoms with E-state index < -0.39 is 31.9 Å². The Kier molecular flexibility index (Phi) is 9.34. The normalized spacial score (nSPS) is 14.8. The number of benzene rings is 2. The molecule has 13 heteroatoms. The van der Waals surface area contributed by atoms with Crippen molar-refractivity contribution in [3.8, 4) is 0 Å². The number of anilines is 1. The maximum Gasteiger partial charge on any atom is 0.337 e. The maximum absolute atomic E-state index is 12.8. The van der Waals surface area contributed by atoms with Crippen LogP contribution in [0.1, 0.15) is 27.9 Å². The zero-order chi connectivity index (χ0) is 29.8. The van der Waals surface area contributed by atoms with Crippen molar-refractivity contribution in [1.29, 1.82) is 0 Å². The van der Waals surface area contributed by atoms with Gasteiger partial charge in [-0.05, 0) is 65.6 Å². The number of methoxy groups -OCH3 is 1. The Morgan fingerprint density at radius 1 is 1.05 bits per heavy atom. The summed E-state index contributed by atoms with van der Waals surface area (Å²) in [5, 5.41) is 0.862. The van der Waals surface area contributed by atoms with E-state index in [1.165, 1.54) is 24.9 Å². The van der Waals surface area contributed by atoms with Gasteiger partial charge in [-0.3, -0.25) is 4.55 Å². The Labute approximate surface area is 244 Å². The lowest BCUT2D eigenvalue weighted by Crippen LogP contribution is -2.26. The van der Waals surface area contributed by atoms with Crippen LogP contribution in [0.25, 0.3) is 11.6 Å². The first kappa shape index (κ1) is 30.5. The largest absolute Gasteiger partial charge is 0.465 e. The van der Waals surface area contributed by atoms with Crippen molar-refractivity contribution in [3.05, 3.63) is 94.8 Å². The van der Waals surface area contributed by atoms with E-state index in [1.54, 1.807) is 24.3 Å². The minimum atomic E-state index is -4.16. The highest BCUT2D eigenvalue weighted by atomic mass is 32.2. The predicted octanol–water partition coefficient (Wildman–Crippen LogP) is 3.48.